The highest BCUT2D eigenvalue weighted by molar-refractivity contribution is 6.16. The molecule has 1 aromatic carbocycles. The highest BCUT2D eigenvalue weighted by Gasteiger charge is 2.46. The maximum Gasteiger partial charge on any atom is 0.238 e. The molecule has 4 atom stereocenters. The third kappa shape index (κ3) is 4.75. The number of hydrogen-bond acceptors (Lipinski definition) is 6. The second-order valence-corrected chi connectivity index (χ2v) is 7.40. The molecule has 1 unspecified atom stereocenters. The molecule has 28 heavy (non-hydrogen) atoms. The van der Waals surface area contributed by atoms with Crippen LogP contribution in [-0.4, -0.2) is 36.7 Å². The fraction of sp³-hybridized carbons (Fsp3) is 0.500. The first kappa shape index (κ1) is 21.6. The molecule has 1 saturated heterocycles. The Morgan fingerprint density at radius 3 is 2.46 bits per heavy atom. The van der Waals surface area contributed by atoms with Crippen molar-refractivity contribution < 1.29 is 23.9 Å². The number of carbonyl (C=O) groups is 4. The van der Waals surface area contributed by atoms with Gasteiger partial charge in [-0.15, -0.1) is 0 Å². The molecule has 8 nitrogen and oxygen atoms in total. The van der Waals surface area contributed by atoms with Gasteiger partial charge in [-0.1, -0.05) is 32.9 Å². The van der Waals surface area contributed by atoms with Gasteiger partial charge in [-0.3, -0.25) is 24.5 Å². The van der Waals surface area contributed by atoms with E-state index >= 15 is 0 Å². The Hall–Kier alpha value is -2.74. The van der Waals surface area contributed by atoms with Crippen LogP contribution >= 0.6 is 0 Å². The van der Waals surface area contributed by atoms with Crippen molar-refractivity contribution in [3.63, 3.8) is 0 Å². The molecule has 1 aliphatic heterocycles. The molecule has 1 heterocycles. The number of Topliss-reactive ketones (excluding diaryl/α,β-unsaturated/α-hetero) is 1. The van der Waals surface area contributed by atoms with Crippen LogP contribution in [0, 0.1) is 17.8 Å². The molecule has 0 bridgehead atoms. The summed E-state index contributed by atoms with van der Waals surface area (Å²) >= 11 is 0. The third-order valence-electron chi connectivity index (χ3n) is 4.97. The van der Waals surface area contributed by atoms with Gasteiger partial charge in [-0.25, -0.2) is 0 Å². The van der Waals surface area contributed by atoms with Crippen molar-refractivity contribution in [2.45, 2.75) is 39.3 Å². The summed E-state index contributed by atoms with van der Waals surface area (Å²) in [5.74, 6) is -3.42. The first-order valence-electron chi connectivity index (χ1n) is 9.23. The maximum atomic E-state index is 12.9. The van der Waals surface area contributed by atoms with Crippen molar-refractivity contribution in [3.8, 4) is 5.75 Å². The van der Waals surface area contributed by atoms with Crippen LogP contribution in [0.2, 0.25) is 0 Å². The van der Waals surface area contributed by atoms with E-state index in [2.05, 4.69) is 10.6 Å². The van der Waals surface area contributed by atoms with E-state index in [1.165, 1.54) is 6.92 Å². The van der Waals surface area contributed by atoms with Crippen molar-refractivity contribution in [2.24, 2.45) is 23.5 Å². The van der Waals surface area contributed by atoms with Gasteiger partial charge < -0.3 is 15.8 Å². The monoisotopic (exact) mass is 389 g/mol. The van der Waals surface area contributed by atoms with E-state index in [9.17, 15) is 19.2 Å². The van der Waals surface area contributed by atoms with Crippen LogP contribution in [0.3, 0.4) is 0 Å². The Morgan fingerprint density at radius 1 is 1.25 bits per heavy atom. The van der Waals surface area contributed by atoms with E-state index in [1.54, 1.807) is 45.2 Å². The second kappa shape index (κ2) is 8.97. The zero-order valence-corrected chi connectivity index (χ0v) is 16.5. The molecule has 8 heteroatoms. The summed E-state index contributed by atoms with van der Waals surface area (Å²) in [7, 11) is 1.54. The fourth-order valence-corrected chi connectivity index (χ4v) is 3.25. The lowest BCUT2D eigenvalue weighted by molar-refractivity contribution is -0.137. The van der Waals surface area contributed by atoms with E-state index in [1.807, 2.05) is 0 Å². The Balaban J connectivity index is 2.07. The Morgan fingerprint density at radius 2 is 1.93 bits per heavy atom. The summed E-state index contributed by atoms with van der Waals surface area (Å²) in [6, 6.07) is 5.64. The van der Waals surface area contributed by atoms with Crippen LogP contribution in [0.4, 0.5) is 0 Å². The first-order chi connectivity index (χ1) is 13.1. The second-order valence-electron chi connectivity index (χ2n) is 7.40. The van der Waals surface area contributed by atoms with Gasteiger partial charge in [0.1, 0.15) is 11.7 Å². The minimum absolute atomic E-state index is 0.0327. The highest BCUT2D eigenvalue weighted by atomic mass is 16.5. The number of nitrogens with one attached hydrogen (secondary N) is 2. The predicted octanol–water partition coefficient (Wildman–Crippen LogP) is 0.704. The van der Waals surface area contributed by atoms with E-state index in [-0.39, 0.29) is 12.3 Å². The largest absolute Gasteiger partial charge is 0.497 e. The topological polar surface area (TPSA) is 128 Å². The van der Waals surface area contributed by atoms with Crippen molar-refractivity contribution in [3.05, 3.63) is 29.8 Å². The lowest BCUT2D eigenvalue weighted by Crippen LogP contribution is -2.49. The summed E-state index contributed by atoms with van der Waals surface area (Å²) in [5, 5.41) is 4.85. The molecule has 0 radical (unpaired) electrons. The fourth-order valence-electron chi connectivity index (χ4n) is 3.25. The lowest BCUT2D eigenvalue weighted by atomic mass is 9.85. The summed E-state index contributed by atoms with van der Waals surface area (Å²) in [4.78, 5) is 49.0. The number of amides is 3. The standard InChI is InChI=1S/C20H27N3O5/c1-10(2)17(18(25)16-11(3)19(26)23-20(16)27)22-15(24)9-14(21)12-6-5-7-13(8-12)28-4/h5-8,10-11,14,16-17H,9,21H2,1-4H3,(H,22,24)(H,23,26,27)/t11-,14?,16+,17-/m0/s1. The zero-order valence-electron chi connectivity index (χ0n) is 16.5. The van der Waals surface area contributed by atoms with Crippen LogP contribution in [0.15, 0.2) is 24.3 Å². The van der Waals surface area contributed by atoms with Gasteiger partial charge in [0, 0.05) is 12.5 Å². The van der Waals surface area contributed by atoms with Gasteiger partial charge >= 0.3 is 0 Å². The van der Waals surface area contributed by atoms with E-state index in [4.69, 9.17) is 10.5 Å². The summed E-state index contributed by atoms with van der Waals surface area (Å²) in [6.45, 7) is 5.06. The van der Waals surface area contributed by atoms with Crippen molar-refractivity contribution in [1.29, 1.82) is 0 Å². The average molecular weight is 389 g/mol. The molecule has 1 aromatic rings. The maximum absolute atomic E-state index is 12.9. The van der Waals surface area contributed by atoms with Crippen LogP contribution in [0.25, 0.3) is 0 Å². The predicted molar refractivity (Wildman–Crippen MR) is 102 cm³/mol. The summed E-state index contributed by atoms with van der Waals surface area (Å²) < 4.78 is 5.16. The van der Waals surface area contributed by atoms with Gasteiger partial charge in [0.05, 0.1) is 19.1 Å². The molecule has 0 aliphatic carbocycles. The van der Waals surface area contributed by atoms with Crippen LogP contribution in [-0.2, 0) is 19.2 Å². The van der Waals surface area contributed by atoms with Crippen LogP contribution in [0.1, 0.15) is 38.8 Å². The lowest BCUT2D eigenvalue weighted by Gasteiger charge is -2.25. The molecular weight excluding hydrogens is 362 g/mol. The number of carbonyl (C=O) groups excluding carboxylic acids is 4. The molecule has 3 amide bonds. The summed E-state index contributed by atoms with van der Waals surface area (Å²) in [6.07, 6.45) is -0.0327. The van der Waals surface area contributed by atoms with E-state index in [0.717, 1.165) is 5.56 Å². The number of hydrogen-bond donors (Lipinski definition) is 3. The van der Waals surface area contributed by atoms with Crippen LogP contribution in [0.5, 0.6) is 5.75 Å². The van der Waals surface area contributed by atoms with Crippen molar-refractivity contribution in [2.75, 3.05) is 7.11 Å². The van der Waals surface area contributed by atoms with Gasteiger partial charge in [-0.2, -0.15) is 0 Å². The van der Waals surface area contributed by atoms with Gasteiger partial charge in [-0.05, 0) is 23.6 Å². The molecule has 4 N–H and O–H groups in total. The minimum Gasteiger partial charge on any atom is -0.497 e. The van der Waals surface area contributed by atoms with Crippen molar-refractivity contribution in [1.82, 2.24) is 10.6 Å². The smallest absolute Gasteiger partial charge is 0.238 e. The minimum atomic E-state index is -1.09. The average Bonchev–Trinajstić information content (AvgIpc) is 2.90. The first-order valence-corrected chi connectivity index (χ1v) is 9.23. The number of imide groups is 1. The molecule has 2 rings (SSSR count). The Bertz CT molecular complexity index is 777. The highest BCUT2D eigenvalue weighted by Crippen LogP contribution is 2.24. The Kier molecular flexibility index (Phi) is 6.90. The van der Waals surface area contributed by atoms with Gasteiger partial charge in [0.15, 0.2) is 5.78 Å². The number of methoxy groups -OCH3 is 1. The molecular formula is C20H27N3O5. The Labute approximate surface area is 164 Å². The molecule has 1 fully saturated rings. The number of rotatable bonds is 8. The molecule has 1 aliphatic rings. The van der Waals surface area contributed by atoms with Crippen molar-refractivity contribution >= 4 is 23.5 Å². The quantitative estimate of drug-likeness (QED) is 0.444. The molecule has 0 spiro atoms. The SMILES string of the molecule is COc1cccc(C(N)CC(=O)N[C@H](C(=O)[C@@H]2C(=O)NC(=O)[C@H]2C)C(C)C)c1. The van der Waals surface area contributed by atoms with Crippen LogP contribution < -0.4 is 21.1 Å². The number of benzene rings is 1. The molecule has 152 valence electrons. The van der Waals surface area contributed by atoms with E-state index in [0.29, 0.717) is 5.75 Å². The third-order valence-corrected chi connectivity index (χ3v) is 4.97. The van der Waals surface area contributed by atoms with E-state index < -0.39 is 47.4 Å². The normalized spacial score (nSPS) is 21.2. The molecule has 0 aromatic heterocycles. The number of ketones is 1. The zero-order chi connectivity index (χ0) is 21.0. The number of nitrogens with two attached hydrogens (primary N) is 1. The summed E-state index contributed by atoms with van der Waals surface area (Å²) in [5.41, 5.74) is 6.85. The molecule has 0 saturated carbocycles. The van der Waals surface area contributed by atoms with Gasteiger partial charge in [0.25, 0.3) is 0 Å². The van der Waals surface area contributed by atoms with Gasteiger partial charge in [0.2, 0.25) is 17.7 Å². The number of ether oxygens (including phenoxy) is 1.